The van der Waals surface area contributed by atoms with Gasteiger partial charge in [-0.1, -0.05) is 55.8 Å². The van der Waals surface area contributed by atoms with E-state index >= 15 is 0 Å². The SMILES string of the molecule is Cc1ccc(N2C(=O)C(O)=C(C(=O)CC(C)C)C2c2ccccc2C)cc1. The van der Waals surface area contributed by atoms with Crippen molar-refractivity contribution in [1.29, 1.82) is 0 Å². The van der Waals surface area contributed by atoms with Gasteiger partial charge in [-0.05, 0) is 43.0 Å². The lowest BCUT2D eigenvalue weighted by molar-refractivity contribution is -0.118. The lowest BCUT2D eigenvalue weighted by atomic mass is 9.90. The lowest BCUT2D eigenvalue weighted by Crippen LogP contribution is -2.31. The molecule has 1 unspecified atom stereocenters. The Labute approximate surface area is 160 Å². The quantitative estimate of drug-likeness (QED) is 0.829. The number of aliphatic hydroxyl groups excluding tert-OH is 1. The Morgan fingerprint density at radius 3 is 2.30 bits per heavy atom. The normalized spacial score (nSPS) is 17.1. The molecule has 2 aromatic carbocycles. The Bertz CT molecular complexity index is 909. The maximum absolute atomic E-state index is 13.0. The number of ketones is 1. The maximum Gasteiger partial charge on any atom is 0.294 e. The largest absolute Gasteiger partial charge is 0.503 e. The minimum absolute atomic E-state index is 0.138. The third-order valence-electron chi connectivity index (χ3n) is 4.90. The second-order valence-corrected chi connectivity index (χ2v) is 7.55. The van der Waals surface area contributed by atoms with Crippen LogP contribution in [-0.2, 0) is 9.59 Å². The highest BCUT2D eigenvalue weighted by Gasteiger charge is 2.44. The van der Waals surface area contributed by atoms with Crippen molar-refractivity contribution in [3.05, 3.63) is 76.6 Å². The molecule has 4 nitrogen and oxygen atoms in total. The molecule has 0 radical (unpaired) electrons. The summed E-state index contributed by atoms with van der Waals surface area (Å²) in [5.41, 5.74) is 3.76. The number of carbonyl (C=O) groups excluding carboxylic acids is 2. The first kappa shape index (κ1) is 18.9. The van der Waals surface area contributed by atoms with Crippen LogP contribution in [0.25, 0.3) is 0 Å². The summed E-state index contributed by atoms with van der Waals surface area (Å²) in [4.78, 5) is 27.4. The van der Waals surface area contributed by atoms with Crippen molar-refractivity contribution in [2.75, 3.05) is 4.90 Å². The van der Waals surface area contributed by atoms with E-state index in [1.54, 1.807) is 0 Å². The van der Waals surface area contributed by atoms with Crippen LogP contribution in [-0.4, -0.2) is 16.8 Å². The van der Waals surface area contributed by atoms with E-state index in [2.05, 4.69) is 0 Å². The molecule has 1 heterocycles. The van der Waals surface area contributed by atoms with Gasteiger partial charge < -0.3 is 5.11 Å². The summed E-state index contributed by atoms with van der Waals surface area (Å²) in [5.74, 6) is -1.01. The second-order valence-electron chi connectivity index (χ2n) is 7.55. The molecule has 4 heteroatoms. The first-order valence-corrected chi connectivity index (χ1v) is 9.23. The second kappa shape index (κ2) is 7.39. The van der Waals surface area contributed by atoms with Gasteiger partial charge in [0.2, 0.25) is 0 Å². The minimum atomic E-state index is -0.618. The maximum atomic E-state index is 13.0. The van der Waals surface area contributed by atoms with Crippen molar-refractivity contribution < 1.29 is 14.7 Å². The third kappa shape index (κ3) is 3.52. The molecule has 0 saturated carbocycles. The summed E-state index contributed by atoms with van der Waals surface area (Å²) in [6.45, 7) is 7.83. The molecule has 1 N–H and O–H groups in total. The van der Waals surface area contributed by atoms with Gasteiger partial charge in [0.25, 0.3) is 5.91 Å². The molecule has 27 heavy (non-hydrogen) atoms. The number of anilines is 1. The molecule has 0 saturated heterocycles. The fourth-order valence-corrected chi connectivity index (χ4v) is 3.53. The smallest absolute Gasteiger partial charge is 0.294 e. The molecular weight excluding hydrogens is 338 g/mol. The highest BCUT2D eigenvalue weighted by molar-refractivity contribution is 6.16. The van der Waals surface area contributed by atoms with Crippen LogP contribution in [0.3, 0.4) is 0 Å². The van der Waals surface area contributed by atoms with E-state index in [1.807, 2.05) is 76.2 Å². The fraction of sp³-hybridized carbons (Fsp3) is 0.304. The van der Waals surface area contributed by atoms with Crippen molar-refractivity contribution in [1.82, 2.24) is 0 Å². The van der Waals surface area contributed by atoms with Crippen LogP contribution in [0.2, 0.25) is 0 Å². The Kier molecular flexibility index (Phi) is 5.17. The first-order chi connectivity index (χ1) is 12.8. The van der Waals surface area contributed by atoms with E-state index in [1.165, 1.54) is 4.90 Å². The van der Waals surface area contributed by atoms with Crippen LogP contribution < -0.4 is 4.90 Å². The zero-order valence-electron chi connectivity index (χ0n) is 16.2. The minimum Gasteiger partial charge on any atom is -0.503 e. The molecule has 1 aliphatic rings. The zero-order valence-corrected chi connectivity index (χ0v) is 16.2. The number of carbonyl (C=O) groups is 2. The monoisotopic (exact) mass is 363 g/mol. The van der Waals surface area contributed by atoms with E-state index in [0.29, 0.717) is 5.69 Å². The number of aryl methyl sites for hydroxylation is 2. The number of nitrogens with zero attached hydrogens (tertiary/aromatic N) is 1. The van der Waals surface area contributed by atoms with E-state index in [-0.39, 0.29) is 23.7 Å². The molecular formula is C23H25NO3. The lowest BCUT2D eigenvalue weighted by Gasteiger charge is -2.28. The highest BCUT2D eigenvalue weighted by Crippen LogP contribution is 2.42. The number of Topliss-reactive ketones (excluding diaryl/α,β-unsaturated/α-hetero) is 1. The summed E-state index contributed by atoms with van der Waals surface area (Å²) in [5, 5.41) is 10.6. The molecule has 1 amide bonds. The van der Waals surface area contributed by atoms with E-state index < -0.39 is 17.7 Å². The van der Waals surface area contributed by atoms with Gasteiger partial charge in [0.15, 0.2) is 11.5 Å². The fourth-order valence-electron chi connectivity index (χ4n) is 3.53. The van der Waals surface area contributed by atoms with Crippen LogP contribution in [0.1, 0.15) is 43.0 Å². The van der Waals surface area contributed by atoms with Gasteiger partial charge in [0.05, 0.1) is 11.6 Å². The van der Waals surface area contributed by atoms with Crippen molar-refractivity contribution in [2.45, 2.75) is 40.2 Å². The van der Waals surface area contributed by atoms with Crippen molar-refractivity contribution >= 4 is 17.4 Å². The van der Waals surface area contributed by atoms with Crippen LogP contribution in [0.4, 0.5) is 5.69 Å². The predicted molar refractivity (Wildman–Crippen MR) is 107 cm³/mol. The van der Waals surface area contributed by atoms with Crippen molar-refractivity contribution in [3.63, 3.8) is 0 Å². The van der Waals surface area contributed by atoms with Gasteiger partial charge in [0.1, 0.15) is 0 Å². The summed E-state index contributed by atoms with van der Waals surface area (Å²) in [7, 11) is 0. The van der Waals surface area contributed by atoms with Gasteiger partial charge in [0, 0.05) is 12.1 Å². The Morgan fingerprint density at radius 1 is 1.07 bits per heavy atom. The molecule has 0 bridgehead atoms. The van der Waals surface area contributed by atoms with E-state index in [4.69, 9.17) is 0 Å². The third-order valence-corrected chi connectivity index (χ3v) is 4.90. The average molecular weight is 363 g/mol. The number of aliphatic hydroxyl groups is 1. The Morgan fingerprint density at radius 2 is 1.70 bits per heavy atom. The zero-order chi connectivity index (χ0) is 19.7. The Balaban J connectivity index is 2.17. The van der Waals surface area contributed by atoms with Gasteiger partial charge in [-0.15, -0.1) is 0 Å². The predicted octanol–water partition coefficient (Wildman–Crippen LogP) is 4.82. The standard InChI is InChI=1S/C23H25NO3/c1-14(2)13-19(25)20-21(18-8-6-5-7-16(18)4)24(23(27)22(20)26)17-11-9-15(3)10-12-17/h5-12,14,21,26H,13H2,1-4H3. The van der Waals surface area contributed by atoms with Crippen molar-refractivity contribution in [3.8, 4) is 0 Å². The molecule has 1 aliphatic heterocycles. The number of rotatable bonds is 5. The number of benzene rings is 2. The number of hydrogen-bond acceptors (Lipinski definition) is 3. The van der Waals surface area contributed by atoms with E-state index in [9.17, 15) is 14.7 Å². The van der Waals surface area contributed by atoms with Gasteiger partial charge >= 0.3 is 0 Å². The molecule has 1 atom stereocenters. The molecule has 140 valence electrons. The number of hydrogen-bond donors (Lipinski definition) is 1. The van der Waals surface area contributed by atoms with Crippen LogP contribution in [0.5, 0.6) is 0 Å². The molecule has 0 fully saturated rings. The first-order valence-electron chi connectivity index (χ1n) is 9.23. The number of amides is 1. The Hall–Kier alpha value is -2.88. The topological polar surface area (TPSA) is 57.6 Å². The molecule has 3 rings (SSSR count). The summed E-state index contributed by atoms with van der Waals surface area (Å²) < 4.78 is 0. The molecule has 2 aromatic rings. The van der Waals surface area contributed by atoms with Gasteiger partial charge in [-0.25, -0.2) is 0 Å². The van der Waals surface area contributed by atoms with Crippen LogP contribution in [0.15, 0.2) is 59.9 Å². The molecule has 0 aromatic heterocycles. The van der Waals surface area contributed by atoms with Crippen molar-refractivity contribution in [2.24, 2.45) is 5.92 Å². The molecule has 0 spiro atoms. The average Bonchev–Trinajstić information content (AvgIpc) is 2.87. The highest BCUT2D eigenvalue weighted by atomic mass is 16.3. The summed E-state index contributed by atoms with van der Waals surface area (Å²) in [6.07, 6.45) is 0.288. The summed E-state index contributed by atoms with van der Waals surface area (Å²) >= 11 is 0. The van der Waals surface area contributed by atoms with Crippen LogP contribution >= 0.6 is 0 Å². The molecule has 0 aliphatic carbocycles. The van der Waals surface area contributed by atoms with Crippen LogP contribution in [0, 0.1) is 19.8 Å². The van der Waals surface area contributed by atoms with Gasteiger partial charge in [-0.2, -0.15) is 0 Å². The van der Waals surface area contributed by atoms with Gasteiger partial charge in [-0.3, -0.25) is 14.5 Å². The summed E-state index contributed by atoms with van der Waals surface area (Å²) in [6, 6.07) is 14.6. The van der Waals surface area contributed by atoms with E-state index in [0.717, 1.165) is 16.7 Å².